The minimum absolute atomic E-state index is 0.715. The standard InChI is InChI=1S/C15H15N3/c16-15-3-1-2-13(18-15)7-5-11-4-6-12-8-9-17-14(12)10-11/h1-4,6,8-10,17H,5,7H2,(H2,16,18)/p+1. The van der Waals surface area contributed by atoms with Crippen LogP contribution in [0.3, 0.4) is 0 Å². The summed E-state index contributed by atoms with van der Waals surface area (Å²) >= 11 is 0. The van der Waals surface area contributed by atoms with Crippen molar-refractivity contribution < 1.29 is 4.98 Å². The van der Waals surface area contributed by atoms with E-state index in [2.05, 4.69) is 40.3 Å². The summed E-state index contributed by atoms with van der Waals surface area (Å²) in [7, 11) is 0. The Morgan fingerprint density at radius 1 is 1.06 bits per heavy atom. The summed E-state index contributed by atoms with van der Waals surface area (Å²) in [4.78, 5) is 6.42. The monoisotopic (exact) mass is 238 g/mol. The second-order valence-corrected chi connectivity index (χ2v) is 4.53. The van der Waals surface area contributed by atoms with E-state index in [1.54, 1.807) is 0 Å². The van der Waals surface area contributed by atoms with Crippen LogP contribution in [0.25, 0.3) is 10.9 Å². The average Bonchev–Trinajstić information content (AvgIpc) is 2.84. The molecule has 2 aromatic heterocycles. The number of nitrogens with two attached hydrogens (primary N) is 1. The second-order valence-electron chi connectivity index (χ2n) is 4.53. The van der Waals surface area contributed by atoms with Crippen LogP contribution in [-0.2, 0) is 12.8 Å². The highest BCUT2D eigenvalue weighted by molar-refractivity contribution is 5.79. The van der Waals surface area contributed by atoms with Gasteiger partial charge in [-0.15, -0.1) is 0 Å². The largest absolute Gasteiger partial charge is 0.361 e. The smallest absolute Gasteiger partial charge is 0.270 e. The summed E-state index contributed by atoms with van der Waals surface area (Å²) in [6.07, 6.45) is 3.95. The number of fused-ring (bicyclic) bond motifs is 1. The van der Waals surface area contributed by atoms with E-state index in [-0.39, 0.29) is 0 Å². The molecule has 0 bridgehead atoms. The molecule has 4 N–H and O–H groups in total. The zero-order valence-electron chi connectivity index (χ0n) is 10.1. The summed E-state index contributed by atoms with van der Waals surface area (Å²) in [5, 5.41) is 1.26. The van der Waals surface area contributed by atoms with Crippen LogP contribution in [0.2, 0.25) is 0 Å². The highest BCUT2D eigenvalue weighted by Gasteiger charge is 2.02. The molecule has 1 aromatic carbocycles. The molecule has 0 fully saturated rings. The van der Waals surface area contributed by atoms with Gasteiger partial charge in [-0.05, 0) is 35.6 Å². The van der Waals surface area contributed by atoms with Crippen molar-refractivity contribution in [1.29, 1.82) is 0 Å². The van der Waals surface area contributed by atoms with Gasteiger partial charge in [-0.1, -0.05) is 18.2 Å². The number of aromatic amines is 2. The first-order valence-electron chi connectivity index (χ1n) is 6.14. The molecule has 0 spiro atoms. The molecular formula is C15H16N3+. The fourth-order valence-electron chi connectivity index (χ4n) is 2.21. The predicted octanol–water partition coefficient (Wildman–Crippen LogP) is 2.35. The Morgan fingerprint density at radius 2 is 2.00 bits per heavy atom. The minimum Gasteiger partial charge on any atom is -0.361 e. The molecule has 18 heavy (non-hydrogen) atoms. The molecule has 2 heterocycles. The van der Waals surface area contributed by atoms with Gasteiger partial charge in [0.25, 0.3) is 5.82 Å². The molecule has 0 saturated carbocycles. The van der Waals surface area contributed by atoms with Crippen LogP contribution in [0.1, 0.15) is 11.3 Å². The maximum Gasteiger partial charge on any atom is 0.270 e. The number of aryl methyl sites for hydroxylation is 2. The first kappa shape index (κ1) is 10.8. The van der Waals surface area contributed by atoms with Crippen molar-refractivity contribution in [2.75, 3.05) is 5.73 Å². The number of rotatable bonds is 3. The third kappa shape index (κ3) is 2.20. The van der Waals surface area contributed by atoms with E-state index in [4.69, 9.17) is 5.73 Å². The van der Waals surface area contributed by atoms with Crippen LogP contribution < -0.4 is 10.7 Å². The number of benzene rings is 1. The van der Waals surface area contributed by atoms with Crippen LogP contribution >= 0.6 is 0 Å². The SMILES string of the molecule is Nc1cccc(CCc2ccc3cc[nH]c3c2)[nH+]1. The Kier molecular flexibility index (Phi) is 2.73. The van der Waals surface area contributed by atoms with Crippen LogP contribution in [0.15, 0.2) is 48.7 Å². The van der Waals surface area contributed by atoms with Crippen LogP contribution in [0.4, 0.5) is 5.82 Å². The van der Waals surface area contributed by atoms with Gasteiger partial charge in [0.2, 0.25) is 0 Å². The molecule has 3 heteroatoms. The van der Waals surface area contributed by atoms with E-state index in [9.17, 15) is 0 Å². The topological polar surface area (TPSA) is 56.0 Å². The molecule has 3 aromatic rings. The van der Waals surface area contributed by atoms with Crippen molar-refractivity contribution in [3.8, 4) is 0 Å². The number of aromatic nitrogens is 2. The van der Waals surface area contributed by atoms with Gasteiger partial charge in [-0.3, -0.25) is 5.73 Å². The number of H-pyrrole nitrogens is 2. The van der Waals surface area contributed by atoms with Gasteiger partial charge in [-0.2, -0.15) is 0 Å². The average molecular weight is 238 g/mol. The molecule has 3 rings (SSSR count). The first-order chi connectivity index (χ1) is 8.81. The van der Waals surface area contributed by atoms with Gasteiger partial charge >= 0.3 is 0 Å². The Morgan fingerprint density at radius 3 is 2.89 bits per heavy atom. The molecule has 0 saturated heterocycles. The van der Waals surface area contributed by atoms with Gasteiger partial charge in [-0.25, -0.2) is 4.98 Å². The Hall–Kier alpha value is -2.29. The van der Waals surface area contributed by atoms with E-state index < -0.39 is 0 Å². The summed E-state index contributed by atoms with van der Waals surface area (Å²) in [5.41, 5.74) is 9.43. The lowest BCUT2D eigenvalue weighted by Crippen LogP contribution is -2.16. The fraction of sp³-hybridized carbons (Fsp3) is 0.133. The lowest BCUT2D eigenvalue weighted by atomic mass is 10.1. The summed E-state index contributed by atoms with van der Waals surface area (Å²) in [5.74, 6) is 0.715. The quantitative estimate of drug-likeness (QED) is 0.723. The van der Waals surface area contributed by atoms with Gasteiger partial charge in [0.15, 0.2) is 0 Å². The zero-order chi connectivity index (χ0) is 12.4. The summed E-state index contributed by atoms with van der Waals surface area (Å²) in [6.45, 7) is 0. The van der Waals surface area contributed by atoms with Crippen molar-refractivity contribution in [3.63, 3.8) is 0 Å². The Balaban J connectivity index is 1.76. The van der Waals surface area contributed by atoms with E-state index in [0.29, 0.717) is 5.82 Å². The molecule has 0 aliphatic rings. The first-order valence-corrected chi connectivity index (χ1v) is 6.14. The molecule has 0 atom stereocenters. The van der Waals surface area contributed by atoms with E-state index in [1.807, 2.05) is 18.3 Å². The van der Waals surface area contributed by atoms with Gasteiger partial charge in [0.05, 0.1) is 0 Å². The highest BCUT2D eigenvalue weighted by atomic mass is 14.8. The molecular weight excluding hydrogens is 222 g/mol. The minimum atomic E-state index is 0.715. The van der Waals surface area contributed by atoms with Crippen molar-refractivity contribution in [1.82, 2.24) is 4.98 Å². The molecule has 90 valence electrons. The number of hydrogen-bond donors (Lipinski definition) is 2. The zero-order valence-corrected chi connectivity index (χ0v) is 10.1. The third-order valence-electron chi connectivity index (χ3n) is 3.18. The lowest BCUT2D eigenvalue weighted by molar-refractivity contribution is -0.372. The van der Waals surface area contributed by atoms with E-state index in [1.165, 1.54) is 22.2 Å². The number of nitrogens with one attached hydrogen (secondary N) is 2. The van der Waals surface area contributed by atoms with Gasteiger partial charge in [0, 0.05) is 24.2 Å². The van der Waals surface area contributed by atoms with E-state index >= 15 is 0 Å². The molecule has 0 amide bonds. The molecule has 0 unspecified atom stereocenters. The maximum absolute atomic E-state index is 5.73. The third-order valence-corrected chi connectivity index (χ3v) is 3.18. The number of hydrogen-bond acceptors (Lipinski definition) is 1. The number of anilines is 1. The van der Waals surface area contributed by atoms with Crippen LogP contribution in [0.5, 0.6) is 0 Å². The Bertz CT molecular complexity index is 670. The summed E-state index contributed by atoms with van der Waals surface area (Å²) < 4.78 is 0. The second kappa shape index (κ2) is 4.53. The van der Waals surface area contributed by atoms with Crippen molar-refractivity contribution in [2.24, 2.45) is 0 Å². The van der Waals surface area contributed by atoms with E-state index in [0.717, 1.165) is 12.8 Å². The lowest BCUT2D eigenvalue weighted by Gasteiger charge is -2.01. The normalized spacial score (nSPS) is 10.9. The van der Waals surface area contributed by atoms with Crippen LogP contribution in [-0.4, -0.2) is 4.98 Å². The molecule has 3 nitrogen and oxygen atoms in total. The predicted molar refractivity (Wildman–Crippen MR) is 73.1 cm³/mol. The fourth-order valence-corrected chi connectivity index (χ4v) is 2.21. The van der Waals surface area contributed by atoms with Gasteiger partial charge in [0.1, 0.15) is 5.69 Å². The Labute approximate surface area is 106 Å². The summed E-state index contributed by atoms with van der Waals surface area (Å²) in [6, 6.07) is 14.6. The number of pyridine rings is 1. The molecule has 0 radical (unpaired) electrons. The van der Waals surface area contributed by atoms with Crippen molar-refractivity contribution in [3.05, 3.63) is 59.9 Å². The maximum atomic E-state index is 5.73. The molecule has 0 aliphatic carbocycles. The highest BCUT2D eigenvalue weighted by Crippen LogP contribution is 2.15. The van der Waals surface area contributed by atoms with Crippen molar-refractivity contribution in [2.45, 2.75) is 12.8 Å². The molecule has 0 aliphatic heterocycles. The van der Waals surface area contributed by atoms with Crippen LogP contribution in [0, 0.1) is 0 Å². The van der Waals surface area contributed by atoms with Crippen molar-refractivity contribution >= 4 is 16.7 Å². The van der Waals surface area contributed by atoms with Gasteiger partial charge < -0.3 is 4.98 Å². The number of nitrogen functional groups attached to an aromatic ring is 1.